The Morgan fingerprint density at radius 2 is 1.84 bits per heavy atom. The summed E-state index contributed by atoms with van der Waals surface area (Å²) in [7, 11) is 0. The van der Waals surface area contributed by atoms with E-state index in [2.05, 4.69) is 17.1 Å². The normalized spacial score (nSPS) is 26.6. The van der Waals surface area contributed by atoms with E-state index in [0.717, 1.165) is 55.2 Å². The third-order valence-corrected chi connectivity index (χ3v) is 6.14. The summed E-state index contributed by atoms with van der Waals surface area (Å²) in [4.78, 5) is 13.9. The van der Waals surface area contributed by atoms with Crippen molar-refractivity contribution in [3.63, 3.8) is 0 Å². The summed E-state index contributed by atoms with van der Waals surface area (Å²) in [6.45, 7) is 7.76. The predicted molar refractivity (Wildman–Crippen MR) is 121 cm³/mol. The summed E-state index contributed by atoms with van der Waals surface area (Å²) in [6, 6.07) is 15.5. The fourth-order valence-electron chi connectivity index (χ4n) is 4.33. The third kappa shape index (κ3) is 5.54. The van der Waals surface area contributed by atoms with Crippen LogP contribution in [0.3, 0.4) is 0 Å². The van der Waals surface area contributed by atoms with Crippen molar-refractivity contribution in [3.05, 3.63) is 65.2 Å². The lowest BCUT2D eigenvalue weighted by molar-refractivity contribution is -0.277. The molecule has 4 atom stereocenters. The van der Waals surface area contributed by atoms with E-state index in [1.165, 1.54) is 6.92 Å². The van der Waals surface area contributed by atoms with Gasteiger partial charge in [-0.1, -0.05) is 43.3 Å². The van der Waals surface area contributed by atoms with Gasteiger partial charge in [0.2, 0.25) is 5.91 Å². The van der Waals surface area contributed by atoms with Gasteiger partial charge in [0, 0.05) is 43.7 Å². The molecule has 2 aliphatic heterocycles. The molecule has 2 aromatic carbocycles. The fraction of sp³-hybridized carbons (Fsp3) is 0.480. The molecule has 2 fully saturated rings. The van der Waals surface area contributed by atoms with E-state index in [0.29, 0.717) is 0 Å². The Labute approximate surface area is 189 Å². The second kappa shape index (κ2) is 10.6. The zero-order valence-corrected chi connectivity index (χ0v) is 18.7. The SMILES string of the molecule is CC(=O)Nc1cccc([C@@H]2O[C@H](CN3CCOCC3)[C@H](C)[C@H](c3ccc(CO)cc3)O2)c1. The summed E-state index contributed by atoms with van der Waals surface area (Å²) in [5.74, 6) is 0.0147. The topological polar surface area (TPSA) is 80.3 Å². The minimum Gasteiger partial charge on any atom is -0.392 e. The molecule has 0 radical (unpaired) electrons. The molecular formula is C25H32N2O5. The number of aliphatic hydroxyl groups is 1. The van der Waals surface area contributed by atoms with Crippen LogP contribution in [0.15, 0.2) is 48.5 Å². The number of hydrogen-bond acceptors (Lipinski definition) is 6. The molecule has 1 amide bonds. The van der Waals surface area contributed by atoms with Gasteiger partial charge in [-0.05, 0) is 23.3 Å². The zero-order chi connectivity index (χ0) is 22.5. The first-order valence-corrected chi connectivity index (χ1v) is 11.2. The summed E-state index contributed by atoms with van der Waals surface area (Å²) in [6.07, 6.45) is -0.732. The largest absolute Gasteiger partial charge is 0.392 e. The molecule has 32 heavy (non-hydrogen) atoms. The summed E-state index contributed by atoms with van der Waals surface area (Å²) >= 11 is 0. The minimum atomic E-state index is -0.548. The molecule has 2 N–H and O–H groups in total. The number of morpholine rings is 1. The number of nitrogens with zero attached hydrogens (tertiary/aromatic N) is 1. The van der Waals surface area contributed by atoms with E-state index in [1.54, 1.807) is 0 Å². The van der Waals surface area contributed by atoms with Crippen molar-refractivity contribution in [3.8, 4) is 0 Å². The van der Waals surface area contributed by atoms with Gasteiger partial charge < -0.3 is 24.6 Å². The van der Waals surface area contributed by atoms with Crippen LogP contribution in [0.1, 0.15) is 42.9 Å². The highest BCUT2D eigenvalue weighted by Crippen LogP contribution is 2.42. The van der Waals surface area contributed by atoms with E-state index in [-0.39, 0.29) is 30.6 Å². The molecule has 4 rings (SSSR count). The fourth-order valence-corrected chi connectivity index (χ4v) is 4.33. The van der Waals surface area contributed by atoms with Crippen LogP contribution in [0.4, 0.5) is 5.69 Å². The first-order valence-electron chi connectivity index (χ1n) is 11.2. The van der Waals surface area contributed by atoms with Crippen molar-refractivity contribution in [1.82, 2.24) is 4.90 Å². The highest BCUT2D eigenvalue weighted by molar-refractivity contribution is 5.88. The van der Waals surface area contributed by atoms with Crippen molar-refractivity contribution >= 4 is 11.6 Å². The van der Waals surface area contributed by atoms with Crippen LogP contribution in [0, 0.1) is 5.92 Å². The molecule has 2 saturated heterocycles. The maximum atomic E-state index is 11.5. The average molecular weight is 441 g/mol. The Balaban J connectivity index is 1.60. The molecule has 7 heteroatoms. The van der Waals surface area contributed by atoms with Gasteiger partial charge >= 0.3 is 0 Å². The molecule has 0 spiro atoms. The molecule has 0 aliphatic carbocycles. The first kappa shape index (κ1) is 22.9. The van der Waals surface area contributed by atoms with Gasteiger partial charge in [-0.25, -0.2) is 0 Å². The van der Waals surface area contributed by atoms with Crippen molar-refractivity contribution < 1.29 is 24.1 Å². The standard InChI is InChI=1S/C25H32N2O5/c1-17-23(15-27-10-12-30-13-11-27)31-25(21-4-3-5-22(14-21)26-18(2)29)32-24(17)20-8-6-19(16-28)7-9-20/h3-9,14,17,23-25,28H,10-13,15-16H2,1-2H3,(H,26,29)/t17-,23+,24+,25+/m0/s1. The van der Waals surface area contributed by atoms with Crippen LogP contribution in [0.5, 0.6) is 0 Å². The van der Waals surface area contributed by atoms with Crippen molar-refractivity contribution in [2.75, 3.05) is 38.2 Å². The highest BCUT2D eigenvalue weighted by Gasteiger charge is 2.39. The molecular weight excluding hydrogens is 408 g/mol. The molecule has 2 aliphatic rings. The van der Waals surface area contributed by atoms with Crippen molar-refractivity contribution in [2.24, 2.45) is 5.92 Å². The second-order valence-electron chi connectivity index (χ2n) is 8.54. The maximum Gasteiger partial charge on any atom is 0.221 e. The Bertz CT molecular complexity index is 897. The lowest BCUT2D eigenvalue weighted by Gasteiger charge is -2.43. The van der Waals surface area contributed by atoms with Crippen LogP contribution in [-0.4, -0.2) is 54.9 Å². The van der Waals surface area contributed by atoms with E-state index in [9.17, 15) is 9.90 Å². The lowest BCUT2D eigenvalue weighted by atomic mass is 9.90. The van der Waals surface area contributed by atoms with Gasteiger partial charge in [0.05, 0.1) is 32.0 Å². The number of rotatable bonds is 6. The number of hydrogen-bond donors (Lipinski definition) is 2. The molecule has 0 aromatic heterocycles. The van der Waals surface area contributed by atoms with Crippen LogP contribution >= 0.6 is 0 Å². The number of anilines is 1. The summed E-state index contributed by atoms with van der Waals surface area (Å²) in [5.41, 5.74) is 3.52. The molecule has 0 unspecified atom stereocenters. The lowest BCUT2D eigenvalue weighted by Crippen LogP contribution is -2.47. The Morgan fingerprint density at radius 3 is 2.53 bits per heavy atom. The highest BCUT2D eigenvalue weighted by atomic mass is 16.7. The summed E-state index contributed by atoms with van der Waals surface area (Å²) < 4.78 is 18.5. The number of carbonyl (C=O) groups excluding carboxylic acids is 1. The monoisotopic (exact) mass is 440 g/mol. The van der Waals surface area contributed by atoms with Gasteiger partial charge in [-0.2, -0.15) is 0 Å². The number of nitrogens with one attached hydrogen (secondary N) is 1. The minimum absolute atomic E-state index is 0.0166. The Hall–Kier alpha value is -2.29. The molecule has 0 saturated carbocycles. The maximum absolute atomic E-state index is 11.5. The molecule has 0 bridgehead atoms. The van der Waals surface area contributed by atoms with Crippen molar-refractivity contribution in [2.45, 2.75) is 39.0 Å². The average Bonchev–Trinajstić information content (AvgIpc) is 2.81. The number of benzene rings is 2. The predicted octanol–water partition coefficient (Wildman–Crippen LogP) is 3.26. The molecule has 172 valence electrons. The van der Waals surface area contributed by atoms with Gasteiger partial charge in [0.1, 0.15) is 0 Å². The molecule has 7 nitrogen and oxygen atoms in total. The van der Waals surface area contributed by atoms with Crippen LogP contribution < -0.4 is 5.32 Å². The van der Waals surface area contributed by atoms with Gasteiger partial charge in [0.15, 0.2) is 6.29 Å². The van der Waals surface area contributed by atoms with Crippen molar-refractivity contribution in [1.29, 1.82) is 0 Å². The van der Waals surface area contributed by atoms with Crippen LogP contribution in [0.2, 0.25) is 0 Å². The van der Waals surface area contributed by atoms with E-state index >= 15 is 0 Å². The van der Waals surface area contributed by atoms with Crippen LogP contribution in [-0.2, 0) is 25.6 Å². The quantitative estimate of drug-likeness (QED) is 0.718. The third-order valence-electron chi connectivity index (χ3n) is 6.14. The smallest absolute Gasteiger partial charge is 0.221 e. The Kier molecular flexibility index (Phi) is 7.55. The second-order valence-corrected chi connectivity index (χ2v) is 8.54. The zero-order valence-electron chi connectivity index (χ0n) is 18.7. The van der Waals surface area contributed by atoms with Gasteiger partial charge in [-0.3, -0.25) is 9.69 Å². The summed E-state index contributed by atoms with van der Waals surface area (Å²) in [5, 5.41) is 12.2. The van der Waals surface area contributed by atoms with Gasteiger partial charge in [0.25, 0.3) is 0 Å². The number of ether oxygens (including phenoxy) is 3. The molecule has 2 heterocycles. The van der Waals surface area contributed by atoms with E-state index < -0.39 is 6.29 Å². The van der Waals surface area contributed by atoms with E-state index in [1.807, 2.05) is 48.5 Å². The number of carbonyl (C=O) groups is 1. The number of aliphatic hydroxyl groups excluding tert-OH is 1. The Morgan fingerprint density at radius 1 is 1.09 bits per heavy atom. The van der Waals surface area contributed by atoms with Crippen LogP contribution in [0.25, 0.3) is 0 Å². The first-order chi connectivity index (χ1) is 15.5. The number of amides is 1. The molecule has 2 aromatic rings. The van der Waals surface area contributed by atoms with E-state index in [4.69, 9.17) is 14.2 Å². The van der Waals surface area contributed by atoms with Gasteiger partial charge in [-0.15, -0.1) is 0 Å².